The number of hydrogen-bond acceptors (Lipinski definition) is 9. The Morgan fingerprint density at radius 2 is 1.83 bits per heavy atom. The van der Waals surface area contributed by atoms with Crippen LogP contribution >= 0.6 is 11.6 Å². The molecule has 2 N–H and O–H groups in total. The molecule has 1 saturated heterocycles. The van der Waals surface area contributed by atoms with Crippen molar-refractivity contribution in [3.63, 3.8) is 0 Å². The topological polar surface area (TPSA) is 112 Å². The Morgan fingerprint density at radius 1 is 1.07 bits per heavy atom. The lowest BCUT2D eigenvalue weighted by Gasteiger charge is -2.41. The lowest BCUT2D eigenvalue weighted by atomic mass is 10.1. The van der Waals surface area contributed by atoms with Gasteiger partial charge in [0.2, 0.25) is 11.3 Å². The van der Waals surface area contributed by atoms with Gasteiger partial charge in [0.15, 0.2) is 17.7 Å². The van der Waals surface area contributed by atoms with Gasteiger partial charge in [-0.25, -0.2) is 19.0 Å². The van der Waals surface area contributed by atoms with E-state index in [9.17, 15) is 9.18 Å². The summed E-state index contributed by atoms with van der Waals surface area (Å²) in [6.07, 6.45) is 0. The fourth-order valence-electron chi connectivity index (χ4n) is 3.53. The van der Waals surface area contributed by atoms with Crippen molar-refractivity contribution < 1.29 is 13.8 Å². The number of aromatic nitrogens is 4. The van der Waals surface area contributed by atoms with Crippen LogP contribution in [0.4, 0.5) is 27.4 Å². The summed E-state index contributed by atoms with van der Waals surface area (Å²) in [6.45, 7) is 0. The molecule has 0 spiro atoms. The highest BCUT2D eigenvalue weighted by Gasteiger charge is 2.56. The van der Waals surface area contributed by atoms with E-state index in [4.69, 9.17) is 16.2 Å². The average molecular weight is 425 g/mol. The van der Waals surface area contributed by atoms with Gasteiger partial charge in [-0.15, -0.1) is 5.12 Å². The Kier molecular flexibility index (Phi) is 3.46. The van der Waals surface area contributed by atoms with E-state index in [2.05, 4.69) is 31.0 Å². The third kappa shape index (κ3) is 2.36. The first-order chi connectivity index (χ1) is 14.6. The van der Waals surface area contributed by atoms with Crippen LogP contribution in [0.3, 0.4) is 0 Å². The summed E-state index contributed by atoms with van der Waals surface area (Å²) in [5.74, 6) is -0.0384. The number of anilines is 4. The molecule has 0 saturated carbocycles. The number of carbonyl (C=O) groups is 1. The Hall–Kier alpha value is -3.83. The van der Waals surface area contributed by atoms with Crippen LogP contribution in [-0.4, -0.2) is 31.3 Å². The van der Waals surface area contributed by atoms with Crippen molar-refractivity contribution in [3.8, 4) is 0 Å². The molecular weight excluding hydrogens is 415 g/mol. The molecule has 10 nitrogen and oxygen atoms in total. The first-order valence-electron chi connectivity index (χ1n) is 8.81. The molecule has 4 heterocycles. The van der Waals surface area contributed by atoms with Gasteiger partial charge in [-0.05, 0) is 34.6 Å². The zero-order valence-corrected chi connectivity index (χ0v) is 15.6. The van der Waals surface area contributed by atoms with Crippen molar-refractivity contribution in [2.45, 2.75) is 6.04 Å². The van der Waals surface area contributed by atoms with Crippen molar-refractivity contribution in [3.05, 3.63) is 58.9 Å². The van der Waals surface area contributed by atoms with Crippen molar-refractivity contribution >= 4 is 51.8 Å². The molecular formula is C18H10ClFN8O2. The van der Waals surface area contributed by atoms with Gasteiger partial charge in [-0.1, -0.05) is 29.8 Å². The number of para-hydroxylation sites is 1. The number of fused-ring (bicyclic) bond motifs is 6. The zero-order valence-electron chi connectivity index (χ0n) is 14.9. The smallest absolute Gasteiger partial charge is 0.268 e. The Labute approximate surface area is 172 Å². The van der Waals surface area contributed by atoms with E-state index < -0.39 is 11.9 Å². The number of carbonyl (C=O) groups excluding carboxylic acids is 1. The molecule has 2 aliphatic heterocycles. The molecule has 2 aromatic heterocycles. The second-order valence-electron chi connectivity index (χ2n) is 6.65. The van der Waals surface area contributed by atoms with Crippen molar-refractivity contribution in [1.82, 2.24) is 25.4 Å². The molecule has 2 aliphatic rings. The van der Waals surface area contributed by atoms with Crippen molar-refractivity contribution in [1.29, 1.82) is 0 Å². The molecule has 1 amide bonds. The van der Waals surface area contributed by atoms with Crippen LogP contribution < -0.4 is 15.8 Å². The van der Waals surface area contributed by atoms with E-state index in [-0.39, 0.29) is 33.9 Å². The van der Waals surface area contributed by atoms with Crippen LogP contribution in [0.5, 0.6) is 0 Å². The lowest BCUT2D eigenvalue weighted by Crippen LogP contribution is -2.61. The molecule has 4 aromatic rings. The highest BCUT2D eigenvalue weighted by molar-refractivity contribution is 6.31. The standard InChI is InChI=1S/C18H10ClFN8O2/c19-10-7-8(5-6-11(10)20)21-14-15(23-17-16(22-14)25-30-26-17)24-28-13-9-3-1-2-4-12(9)27(28)18(13)29/h1-7,13H,(H,21,22,25)(H,23,24,26). The van der Waals surface area contributed by atoms with E-state index in [1.807, 2.05) is 24.3 Å². The van der Waals surface area contributed by atoms with Crippen LogP contribution in [0.1, 0.15) is 11.6 Å². The monoisotopic (exact) mass is 424 g/mol. The minimum atomic E-state index is -0.538. The molecule has 0 aliphatic carbocycles. The Morgan fingerprint density at radius 3 is 2.60 bits per heavy atom. The number of halogens is 2. The van der Waals surface area contributed by atoms with Crippen LogP contribution in [0, 0.1) is 5.82 Å². The molecule has 1 atom stereocenters. The third-order valence-electron chi connectivity index (χ3n) is 4.88. The zero-order chi connectivity index (χ0) is 20.4. The number of nitrogens with zero attached hydrogens (tertiary/aromatic N) is 6. The van der Waals surface area contributed by atoms with Gasteiger partial charge < -0.3 is 5.32 Å². The summed E-state index contributed by atoms with van der Waals surface area (Å²) in [6, 6.07) is 11.2. The molecule has 30 heavy (non-hydrogen) atoms. The van der Waals surface area contributed by atoms with Gasteiger partial charge in [-0.2, -0.15) is 4.98 Å². The van der Waals surface area contributed by atoms with Crippen molar-refractivity contribution in [2.75, 3.05) is 15.8 Å². The minimum Gasteiger partial charge on any atom is -0.337 e. The summed E-state index contributed by atoms with van der Waals surface area (Å²) in [5, 5.41) is 13.6. The van der Waals surface area contributed by atoms with Crippen LogP contribution in [0.25, 0.3) is 11.3 Å². The predicted molar refractivity (Wildman–Crippen MR) is 104 cm³/mol. The molecule has 12 heteroatoms. The van der Waals surface area contributed by atoms with Gasteiger partial charge in [-0.3, -0.25) is 10.2 Å². The maximum atomic E-state index is 13.5. The first-order valence-corrected chi connectivity index (χ1v) is 9.19. The molecule has 1 fully saturated rings. The number of benzene rings is 2. The van der Waals surface area contributed by atoms with Gasteiger partial charge in [0, 0.05) is 11.3 Å². The van der Waals surface area contributed by atoms with Gasteiger partial charge >= 0.3 is 0 Å². The number of hydrogen-bond donors (Lipinski definition) is 2. The van der Waals surface area contributed by atoms with Crippen LogP contribution in [0.2, 0.25) is 5.02 Å². The Bertz CT molecular complexity index is 1310. The minimum absolute atomic E-state index is 0.0411. The van der Waals surface area contributed by atoms with E-state index in [1.54, 1.807) is 5.12 Å². The molecule has 1 unspecified atom stereocenters. The predicted octanol–water partition coefficient (Wildman–Crippen LogP) is 3.19. The van der Waals surface area contributed by atoms with Gasteiger partial charge in [0.25, 0.3) is 5.91 Å². The third-order valence-corrected chi connectivity index (χ3v) is 5.17. The fourth-order valence-corrected chi connectivity index (χ4v) is 3.71. The molecule has 6 rings (SSSR count). The quantitative estimate of drug-likeness (QED) is 0.510. The molecule has 2 bridgehead atoms. The average Bonchev–Trinajstić information content (AvgIpc) is 3.40. The molecule has 148 valence electrons. The highest BCUT2D eigenvalue weighted by Crippen LogP contribution is 2.49. The maximum Gasteiger partial charge on any atom is 0.268 e. The summed E-state index contributed by atoms with van der Waals surface area (Å²) in [5.41, 5.74) is 5.66. The number of amides is 1. The number of rotatable bonds is 4. The molecule has 0 radical (unpaired) electrons. The first kappa shape index (κ1) is 17.1. The normalized spacial score (nSPS) is 17.2. The number of nitrogens with one attached hydrogen (secondary N) is 2. The summed E-state index contributed by atoms with van der Waals surface area (Å²) in [4.78, 5) is 21.2. The van der Waals surface area contributed by atoms with Gasteiger partial charge in [0.1, 0.15) is 5.82 Å². The van der Waals surface area contributed by atoms with E-state index in [0.29, 0.717) is 5.69 Å². The SMILES string of the molecule is O=C1C2c3ccccc3N1N2Nc1nc2nonc2nc1Nc1ccc(F)c(Cl)c1. The Balaban J connectivity index is 1.37. The second-order valence-corrected chi connectivity index (χ2v) is 7.06. The largest absolute Gasteiger partial charge is 0.337 e. The van der Waals surface area contributed by atoms with Crippen LogP contribution in [0.15, 0.2) is 47.1 Å². The summed E-state index contributed by atoms with van der Waals surface area (Å²) >= 11 is 5.87. The number of hydrazine groups is 2. The van der Waals surface area contributed by atoms with E-state index in [0.717, 1.165) is 11.3 Å². The fraction of sp³-hybridized carbons (Fsp3) is 0.0556. The molecule has 2 aromatic carbocycles. The highest BCUT2D eigenvalue weighted by atomic mass is 35.5. The van der Waals surface area contributed by atoms with Crippen LogP contribution in [-0.2, 0) is 4.79 Å². The summed E-state index contributed by atoms with van der Waals surface area (Å²) < 4.78 is 18.2. The van der Waals surface area contributed by atoms with E-state index in [1.165, 1.54) is 23.2 Å². The summed E-state index contributed by atoms with van der Waals surface area (Å²) in [7, 11) is 0. The maximum absolute atomic E-state index is 13.5. The van der Waals surface area contributed by atoms with Gasteiger partial charge in [0.05, 0.1) is 10.7 Å². The lowest BCUT2D eigenvalue weighted by molar-refractivity contribution is -0.135. The van der Waals surface area contributed by atoms with Crippen molar-refractivity contribution in [2.24, 2.45) is 0 Å². The van der Waals surface area contributed by atoms with E-state index >= 15 is 0 Å². The second kappa shape index (κ2) is 6.08.